The molecule has 2 rings (SSSR count). The Labute approximate surface area is 115 Å². The molecule has 1 aromatic carbocycles. The van der Waals surface area contributed by atoms with Crippen LogP contribution in [0, 0.1) is 0 Å². The van der Waals surface area contributed by atoms with Crippen LogP contribution in [0.4, 0.5) is 13.2 Å². The molecule has 0 bridgehead atoms. The Balaban J connectivity index is 2.48. The third-order valence-electron chi connectivity index (χ3n) is 2.41. The van der Waals surface area contributed by atoms with Crippen molar-refractivity contribution in [3.63, 3.8) is 0 Å². The molecule has 0 saturated heterocycles. The normalized spacial score (nSPS) is 11.8. The van der Waals surface area contributed by atoms with Crippen molar-refractivity contribution >= 4 is 15.9 Å². The molecule has 0 spiro atoms. The van der Waals surface area contributed by atoms with Crippen molar-refractivity contribution in [1.82, 2.24) is 20.3 Å². The molecule has 1 aromatic heterocycles. The van der Waals surface area contributed by atoms with Gasteiger partial charge in [-0.25, -0.2) is 4.68 Å². The zero-order chi connectivity index (χ0) is 14.0. The Morgan fingerprint density at radius 3 is 2.74 bits per heavy atom. The predicted octanol–water partition coefficient (Wildman–Crippen LogP) is 2.77. The van der Waals surface area contributed by atoms with Gasteiger partial charge >= 0.3 is 6.18 Å². The fourth-order valence-electron chi connectivity index (χ4n) is 1.61. The van der Waals surface area contributed by atoms with Crippen molar-refractivity contribution in [1.29, 1.82) is 0 Å². The first-order chi connectivity index (χ1) is 8.91. The maximum absolute atomic E-state index is 13.0. The molecule has 1 heterocycles. The van der Waals surface area contributed by atoms with Crippen LogP contribution in [0.2, 0.25) is 0 Å². The fraction of sp³-hybridized carbons (Fsp3) is 0.273. The van der Waals surface area contributed by atoms with E-state index in [4.69, 9.17) is 0 Å². The molecular weight excluding hydrogens is 325 g/mol. The molecule has 0 fully saturated rings. The predicted molar refractivity (Wildman–Crippen MR) is 66.8 cm³/mol. The van der Waals surface area contributed by atoms with Crippen molar-refractivity contribution in [2.45, 2.75) is 12.7 Å². The largest absolute Gasteiger partial charge is 0.418 e. The summed E-state index contributed by atoms with van der Waals surface area (Å²) in [6, 6.07) is 3.91. The highest BCUT2D eigenvalue weighted by Crippen LogP contribution is 2.35. The van der Waals surface area contributed by atoms with Crippen molar-refractivity contribution in [2.75, 3.05) is 7.05 Å². The first kappa shape index (κ1) is 14.0. The molecule has 0 saturated carbocycles. The van der Waals surface area contributed by atoms with Gasteiger partial charge in [-0.05, 0) is 25.2 Å². The number of hydrogen-bond acceptors (Lipinski definition) is 3. The standard InChI is InChI=1S/C11H10BrF3N4/c1-16-5-8-6-19(18-17-8)10-3-2-7(12)4-9(10)11(13,14)15/h2-4,6,16H,5H2,1H3. The fourth-order valence-corrected chi connectivity index (χ4v) is 1.97. The number of nitrogens with zero attached hydrogens (tertiary/aromatic N) is 3. The van der Waals surface area contributed by atoms with Gasteiger partial charge in [0.1, 0.15) is 0 Å². The van der Waals surface area contributed by atoms with Gasteiger partial charge in [0.05, 0.1) is 23.1 Å². The van der Waals surface area contributed by atoms with Crippen LogP contribution in [0.25, 0.3) is 5.69 Å². The van der Waals surface area contributed by atoms with Crippen LogP contribution in [0.1, 0.15) is 11.3 Å². The molecule has 0 aliphatic carbocycles. The molecule has 0 radical (unpaired) electrons. The van der Waals surface area contributed by atoms with Gasteiger partial charge < -0.3 is 5.32 Å². The van der Waals surface area contributed by atoms with Crippen molar-refractivity contribution in [3.05, 3.63) is 40.1 Å². The quantitative estimate of drug-likeness (QED) is 0.938. The summed E-state index contributed by atoms with van der Waals surface area (Å²) in [5.74, 6) is 0. The first-order valence-electron chi connectivity index (χ1n) is 5.35. The van der Waals surface area contributed by atoms with E-state index in [9.17, 15) is 13.2 Å². The number of nitrogens with one attached hydrogen (secondary N) is 1. The molecule has 0 aliphatic heterocycles. The molecule has 0 aliphatic rings. The maximum Gasteiger partial charge on any atom is 0.418 e. The van der Waals surface area contributed by atoms with Crippen LogP contribution in [0.3, 0.4) is 0 Å². The number of alkyl halides is 3. The van der Waals surface area contributed by atoms with E-state index in [-0.39, 0.29) is 5.69 Å². The lowest BCUT2D eigenvalue weighted by Crippen LogP contribution is -2.11. The number of rotatable bonds is 3. The summed E-state index contributed by atoms with van der Waals surface area (Å²) in [6.07, 6.45) is -2.98. The highest BCUT2D eigenvalue weighted by molar-refractivity contribution is 9.10. The van der Waals surface area contributed by atoms with Gasteiger partial charge in [-0.1, -0.05) is 21.1 Å². The average molecular weight is 335 g/mol. The molecule has 1 N–H and O–H groups in total. The average Bonchev–Trinajstić information content (AvgIpc) is 2.77. The number of halogens is 4. The Morgan fingerprint density at radius 2 is 2.11 bits per heavy atom. The van der Waals surface area contributed by atoms with Gasteiger partial charge in [-0.3, -0.25) is 0 Å². The summed E-state index contributed by atoms with van der Waals surface area (Å²) < 4.78 is 40.4. The van der Waals surface area contributed by atoms with E-state index in [1.165, 1.54) is 18.3 Å². The highest BCUT2D eigenvalue weighted by atomic mass is 79.9. The second-order valence-electron chi connectivity index (χ2n) is 3.84. The minimum atomic E-state index is -4.45. The van der Waals surface area contributed by atoms with E-state index in [0.29, 0.717) is 16.7 Å². The van der Waals surface area contributed by atoms with Crippen LogP contribution in [0.15, 0.2) is 28.9 Å². The Morgan fingerprint density at radius 1 is 1.37 bits per heavy atom. The lowest BCUT2D eigenvalue weighted by molar-refractivity contribution is -0.137. The Kier molecular flexibility index (Phi) is 3.91. The number of benzene rings is 1. The molecule has 0 amide bonds. The van der Waals surface area contributed by atoms with Crippen LogP contribution >= 0.6 is 15.9 Å². The van der Waals surface area contributed by atoms with Crippen molar-refractivity contribution < 1.29 is 13.2 Å². The number of aromatic nitrogens is 3. The minimum absolute atomic E-state index is 0.0504. The van der Waals surface area contributed by atoms with Crippen LogP contribution in [0.5, 0.6) is 0 Å². The molecule has 0 atom stereocenters. The Hall–Kier alpha value is -1.41. The zero-order valence-electron chi connectivity index (χ0n) is 9.87. The lowest BCUT2D eigenvalue weighted by Gasteiger charge is -2.12. The van der Waals surface area contributed by atoms with Gasteiger partial charge in [-0.2, -0.15) is 13.2 Å². The topological polar surface area (TPSA) is 42.7 Å². The molecule has 8 heteroatoms. The summed E-state index contributed by atoms with van der Waals surface area (Å²) in [7, 11) is 1.72. The third-order valence-corrected chi connectivity index (χ3v) is 2.90. The summed E-state index contributed by atoms with van der Waals surface area (Å²) in [5, 5.41) is 10.4. The van der Waals surface area contributed by atoms with Crippen LogP contribution < -0.4 is 5.32 Å². The lowest BCUT2D eigenvalue weighted by atomic mass is 10.1. The van der Waals surface area contributed by atoms with Gasteiger partial charge in [-0.15, -0.1) is 5.10 Å². The smallest absolute Gasteiger partial charge is 0.314 e. The highest BCUT2D eigenvalue weighted by Gasteiger charge is 2.34. The van der Waals surface area contributed by atoms with Crippen molar-refractivity contribution in [3.8, 4) is 5.69 Å². The van der Waals surface area contributed by atoms with E-state index in [2.05, 4.69) is 31.6 Å². The van der Waals surface area contributed by atoms with Gasteiger partial charge in [0.15, 0.2) is 0 Å². The molecule has 0 unspecified atom stereocenters. The summed E-state index contributed by atoms with van der Waals surface area (Å²) >= 11 is 3.04. The molecule has 102 valence electrons. The summed E-state index contributed by atoms with van der Waals surface area (Å²) in [5.41, 5.74) is -0.244. The second-order valence-corrected chi connectivity index (χ2v) is 4.76. The van der Waals surface area contributed by atoms with Crippen molar-refractivity contribution in [2.24, 2.45) is 0 Å². The first-order valence-corrected chi connectivity index (χ1v) is 6.14. The summed E-state index contributed by atoms with van der Waals surface area (Å²) in [6.45, 7) is 0.442. The molecule has 19 heavy (non-hydrogen) atoms. The van der Waals surface area contributed by atoms with E-state index >= 15 is 0 Å². The zero-order valence-corrected chi connectivity index (χ0v) is 11.5. The van der Waals surface area contributed by atoms with E-state index in [0.717, 1.165) is 10.7 Å². The van der Waals surface area contributed by atoms with E-state index < -0.39 is 11.7 Å². The maximum atomic E-state index is 13.0. The second kappa shape index (κ2) is 5.30. The monoisotopic (exact) mass is 334 g/mol. The van der Waals surface area contributed by atoms with E-state index in [1.807, 2.05) is 0 Å². The summed E-state index contributed by atoms with van der Waals surface area (Å²) in [4.78, 5) is 0. The third kappa shape index (κ3) is 3.13. The van der Waals surface area contributed by atoms with Gasteiger partial charge in [0.2, 0.25) is 0 Å². The van der Waals surface area contributed by atoms with Crippen LogP contribution in [-0.4, -0.2) is 22.0 Å². The van der Waals surface area contributed by atoms with Gasteiger partial charge in [0.25, 0.3) is 0 Å². The molecular formula is C11H10BrF3N4. The SMILES string of the molecule is CNCc1cn(-c2ccc(Br)cc2C(F)(F)F)nn1. The molecule has 4 nitrogen and oxygen atoms in total. The minimum Gasteiger partial charge on any atom is -0.314 e. The van der Waals surface area contributed by atoms with Crippen LogP contribution in [-0.2, 0) is 12.7 Å². The Bertz CT molecular complexity index is 580. The number of hydrogen-bond donors (Lipinski definition) is 1. The molecule has 2 aromatic rings. The van der Waals surface area contributed by atoms with E-state index in [1.54, 1.807) is 7.05 Å². The van der Waals surface area contributed by atoms with Gasteiger partial charge in [0, 0.05) is 11.0 Å².